The average molecular weight is 248 g/mol. The molecule has 1 heterocycles. The summed E-state index contributed by atoms with van der Waals surface area (Å²) in [7, 11) is 1.66. The smallest absolute Gasteiger partial charge is 0.227 e. The first-order valence-electron chi connectivity index (χ1n) is 6.32. The highest BCUT2D eigenvalue weighted by atomic mass is 16.5. The Morgan fingerprint density at radius 2 is 2.11 bits per heavy atom. The molecular weight excluding hydrogens is 228 g/mol. The van der Waals surface area contributed by atoms with Gasteiger partial charge in [0.05, 0.1) is 13.5 Å². The zero-order valence-electron chi connectivity index (χ0n) is 11.0. The zero-order valence-corrected chi connectivity index (χ0v) is 11.0. The van der Waals surface area contributed by atoms with Crippen molar-refractivity contribution in [2.24, 2.45) is 0 Å². The van der Waals surface area contributed by atoms with Crippen LogP contribution in [0.15, 0.2) is 18.2 Å². The summed E-state index contributed by atoms with van der Waals surface area (Å²) < 4.78 is 5.22. The van der Waals surface area contributed by atoms with Gasteiger partial charge in [-0.2, -0.15) is 0 Å². The maximum atomic E-state index is 12.1. The lowest BCUT2D eigenvalue weighted by Gasteiger charge is -2.27. The first-order chi connectivity index (χ1) is 8.70. The second kappa shape index (κ2) is 5.87. The molecule has 18 heavy (non-hydrogen) atoms. The van der Waals surface area contributed by atoms with Crippen molar-refractivity contribution >= 4 is 5.91 Å². The Morgan fingerprint density at radius 1 is 1.39 bits per heavy atom. The lowest BCUT2D eigenvalue weighted by Crippen LogP contribution is -2.46. The number of hydrogen-bond acceptors (Lipinski definition) is 3. The molecule has 1 saturated heterocycles. The van der Waals surface area contributed by atoms with E-state index in [2.05, 4.69) is 5.32 Å². The van der Waals surface area contributed by atoms with E-state index in [0.29, 0.717) is 6.42 Å². The highest BCUT2D eigenvalue weighted by molar-refractivity contribution is 5.79. The van der Waals surface area contributed by atoms with E-state index < -0.39 is 0 Å². The molecule has 0 bridgehead atoms. The Bertz CT molecular complexity index is 426. The predicted octanol–water partition coefficient (Wildman–Crippen LogP) is 0.978. The molecule has 4 heteroatoms. The molecular formula is C14H20N2O2. The summed E-state index contributed by atoms with van der Waals surface area (Å²) in [6, 6.07) is 5.92. The summed E-state index contributed by atoms with van der Waals surface area (Å²) in [5.74, 6) is 1.08. The minimum atomic E-state index is 0.209. The SMILES string of the molecule is COc1ccc(CC(=O)N2CCNCC2)cc1C. The van der Waals surface area contributed by atoms with E-state index in [1.165, 1.54) is 0 Å². The van der Waals surface area contributed by atoms with Gasteiger partial charge >= 0.3 is 0 Å². The van der Waals surface area contributed by atoms with Crippen LogP contribution in [0.25, 0.3) is 0 Å². The molecule has 1 aromatic rings. The van der Waals surface area contributed by atoms with Crippen molar-refractivity contribution < 1.29 is 9.53 Å². The summed E-state index contributed by atoms with van der Waals surface area (Å²) in [5.41, 5.74) is 2.12. The van der Waals surface area contributed by atoms with Gasteiger partial charge in [0.25, 0.3) is 0 Å². The number of benzene rings is 1. The number of nitrogens with one attached hydrogen (secondary N) is 1. The Labute approximate surface area is 108 Å². The summed E-state index contributed by atoms with van der Waals surface area (Å²) in [6.45, 7) is 5.42. The molecule has 0 saturated carbocycles. The van der Waals surface area contributed by atoms with Crippen LogP contribution in [-0.4, -0.2) is 44.1 Å². The van der Waals surface area contributed by atoms with Gasteiger partial charge in [0.2, 0.25) is 5.91 Å². The van der Waals surface area contributed by atoms with Gasteiger partial charge in [-0.3, -0.25) is 4.79 Å². The number of hydrogen-bond donors (Lipinski definition) is 1. The molecule has 98 valence electrons. The molecule has 0 unspecified atom stereocenters. The summed E-state index contributed by atoms with van der Waals surface area (Å²) in [5, 5.41) is 3.25. The number of methoxy groups -OCH3 is 1. The molecule has 0 aromatic heterocycles. The number of aryl methyl sites for hydroxylation is 1. The lowest BCUT2D eigenvalue weighted by molar-refractivity contribution is -0.131. The number of nitrogens with zero attached hydrogens (tertiary/aromatic N) is 1. The molecule has 0 radical (unpaired) electrons. The predicted molar refractivity (Wildman–Crippen MR) is 70.9 cm³/mol. The Kier molecular flexibility index (Phi) is 4.20. The standard InChI is InChI=1S/C14H20N2O2/c1-11-9-12(3-4-13(11)18-2)10-14(17)16-7-5-15-6-8-16/h3-4,9,15H,5-8,10H2,1-2H3. The zero-order chi connectivity index (χ0) is 13.0. The fraction of sp³-hybridized carbons (Fsp3) is 0.500. The van der Waals surface area contributed by atoms with Crippen LogP contribution in [0.4, 0.5) is 0 Å². The summed E-state index contributed by atoms with van der Waals surface area (Å²) in [4.78, 5) is 14.0. The molecule has 1 amide bonds. The first-order valence-corrected chi connectivity index (χ1v) is 6.32. The van der Waals surface area contributed by atoms with Gasteiger partial charge < -0.3 is 15.0 Å². The molecule has 1 N–H and O–H groups in total. The number of carbonyl (C=O) groups excluding carboxylic acids is 1. The second-order valence-corrected chi connectivity index (χ2v) is 4.61. The van der Waals surface area contributed by atoms with E-state index in [9.17, 15) is 4.79 Å². The van der Waals surface area contributed by atoms with E-state index in [1.807, 2.05) is 30.0 Å². The van der Waals surface area contributed by atoms with Crippen molar-refractivity contribution in [3.63, 3.8) is 0 Å². The largest absolute Gasteiger partial charge is 0.496 e. The van der Waals surface area contributed by atoms with Gasteiger partial charge in [-0.15, -0.1) is 0 Å². The van der Waals surface area contributed by atoms with E-state index in [0.717, 1.165) is 43.1 Å². The van der Waals surface area contributed by atoms with Gasteiger partial charge in [-0.25, -0.2) is 0 Å². The Balaban J connectivity index is 2.00. The van der Waals surface area contributed by atoms with Gasteiger partial charge in [-0.05, 0) is 24.1 Å². The highest BCUT2D eigenvalue weighted by Gasteiger charge is 2.16. The van der Waals surface area contributed by atoms with E-state index in [-0.39, 0.29) is 5.91 Å². The van der Waals surface area contributed by atoms with Crippen LogP contribution >= 0.6 is 0 Å². The minimum Gasteiger partial charge on any atom is -0.496 e. The number of amides is 1. The van der Waals surface area contributed by atoms with Crippen molar-refractivity contribution in [1.29, 1.82) is 0 Å². The van der Waals surface area contributed by atoms with Crippen molar-refractivity contribution in [2.45, 2.75) is 13.3 Å². The topological polar surface area (TPSA) is 41.6 Å². The summed E-state index contributed by atoms with van der Waals surface area (Å²) >= 11 is 0. The van der Waals surface area contributed by atoms with Crippen LogP contribution < -0.4 is 10.1 Å². The minimum absolute atomic E-state index is 0.209. The maximum absolute atomic E-state index is 12.1. The molecule has 1 aromatic carbocycles. The molecule has 4 nitrogen and oxygen atoms in total. The van der Waals surface area contributed by atoms with Crippen LogP contribution in [0, 0.1) is 6.92 Å². The van der Waals surface area contributed by atoms with Crippen LogP contribution in [-0.2, 0) is 11.2 Å². The third-order valence-corrected chi connectivity index (χ3v) is 3.28. The van der Waals surface area contributed by atoms with Crippen LogP contribution in [0.1, 0.15) is 11.1 Å². The van der Waals surface area contributed by atoms with E-state index >= 15 is 0 Å². The van der Waals surface area contributed by atoms with Crippen LogP contribution in [0.2, 0.25) is 0 Å². The maximum Gasteiger partial charge on any atom is 0.227 e. The van der Waals surface area contributed by atoms with E-state index in [1.54, 1.807) is 7.11 Å². The fourth-order valence-electron chi connectivity index (χ4n) is 2.25. The normalized spacial score (nSPS) is 15.6. The van der Waals surface area contributed by atoms with Gasteiger partial charge in [0.1, 0.15) is 5.75 Å². The summed E-state index contributed by atoms with van der Waals surface area (Å²) in [6.07, 6.45) is 0.477. The molecule has 0 aliphatic carbocycles. The highest BCUT2D eigenvalue weighted by Crippen LogP contribution is 2.19. The van der Waals surface area contributed by atoms with Gasteiger partial charge in [0.15, 0.2) is 0 Å². The Morgan fingerprint density at radius 3 is 2.72 bits per heavy atom. The molecule has 1 aliphatic rings. The van der Waals surface area contributed by atoms with Crippen molar-refractivity contribution in [1.82, 2.24) is 10.2 Å². The lowest BCUT2D eigenvalue weighted by atomic mass is 10.1. The van der Waals surface area contributed by atoms with Gasteiger partial charge in [-0.1, -0.05) is 12.1 Å². The molecule has 1 fully saturated rings. The van der Waals surface area contributed by atoms with Crippen molar-refractivity contribution in [3.05, 3.63) is 29.3 Å². The van der Waals surface area contributed by atoms with Crippen LogP contribution in [0.5, 0.6) is 5.75 Å². The molecule has 0 atom stereocenters. The Hall–Kier alpha value is -1.55. The number of rotatable bonds is 3. The monoisotopic (exact) mass is 248 g/mol. The molecule has 2 rings (SSSR count). The third-order valence-electron chi connectivity index (χ3n) is 3.28. The number of carbonyl (C=O) groups is 1. The molecule has 0 spiro atoms. The van der Waals surface area contributed by atoms with E-state index in [4.69, 9.17) is 4.74 Å². The number of piperazine rings is 1. The first kappa shape index (κ1) is 12.9. The average Bonchev–Trinajstić information content (AvgIpc) is 2.40. The van der Waals surface area contributed by atoms with Crippen molar-refractivity contribution in [3.8, 4) is 5.75 Å². The van der Waals surface area contributed by atoms with Crippen molar-refractivity contribution in [2.75, 3.05) is 33.3 Å². The third kappa shape index (κ3) is 3.01. The number of ether oxygens (including phenoxy) is 1. The quantitative estimate of drug-likeness (QED) is 0.867. The van der Waals surface area contributed by atoms with Gasteiger partial charge in [0, 0.05) is 26.2 Å². The fourth-order valence-corrected chi connectivity index (χ4v) is 2.25. The molecule has 1 aliphatic heterocycles. The van der Waals surface area contributed by atoms with Crippen LogP contribution in [0.3, 0.4) is 0 Å². The second-order valence-electron chi connectivity index (χ2n) is 4.61.